The van der Waals surface area contributed by atoms with Crippen LogP contribution in [-0.4, -0.2) is 18.5 Å². The van der Waals surface area contributed by atoms with E-state index in [1.54, 1.807) is 13.8 Å². The first kappa shape index (κ1) is 10.9. The Bertz CT molecular complexity index is 183. The molecule has 0 spiro atoms. The van der Waals surface area contributed by atoms with Crippen LogP contribution in [-0.2, 0) is 4.79 Å². The van der Waals surface area contributed by atoms with E-state index in [0.29, 0.717) is 13.0 Å². The van der Waals surface area contributed by atoms with Crippen molar-refractivity contribution in [3.63, 3.8) is 0 Å². The highest BCUT2D eigenvalue weighted by Crippen LogP contribution is 1.98. The van der Waals surface area contributed by atoms with Crippen molar-refractivity contribution in [2.75, 3.05) is 6.54 Å². The first-order valence-corrected chi connectivity index (χ1v) is 3.99. The lowest BCUT2D eigenvalue weighted by Crippen LogP contribution is -2.38. The number of carbonyl (C=O) groups is 1. The van der Waals surface area contributed by atoms with E-state index in [-0.39, 0.29) is 17.9 Å². The number of nitrogens with zero attached hydrogens (tertiary/aromatic N) is 1. The Balaban J connectivity index is 3.66. The third kappa shape index (κ3) is 3.94. The van der Waals surface area contributed by atoms with Gasteiger partial charge < -0.3 is 11.1 Å². The fourth-order valence-electron chi connectivity index (χ4n) is 0.641. The van der Waals surface area contributed by atoms with Crippen LogP contribution in [0.4, 0.5) is 0 Å². The zero-order valence-corrected chi connectivity index (χ0v) is 7.50. The quantitative estimate of drug-likeness (QED) is 0.581. The number of nitrogens with two attached hydrogens (primary N) is 1. The molecule has 0 aliphatic heterocycles. The first-order chi connectivity index (χ1) is 5.59. The molecule has 4 heteroatoms. The molecule has 0 saturated carbocycles. The topological polar surface area (TPSA) is 78.9 Å². The van der Waals surface area contributed by atoms with E-state index in [1.807, 2.05) is 6.07 Å². The number of hydrogen-bond acceptors (Lipinski definition) is 3. The molecule has 4 nitrogen and oxygen atoms in total. The van der Waals surface area contributed by atoms with Gasteiger partial charge in [-0.25, -0.2) is 0 Å². The van der Waals surface area contributed by atoms with Crippen molar-refractivity contribution < 1.29 is 4.79 Å². The molecule has 1 amide bonds. The predicted molar refractivity (Wildman–Crippen MR) is 46.1 cm³/mol. The third-order valence-electron chi connectivity index (χ3n) is 1.74. The fourth-order valence-corrected chi connectivity index (χ4v) is 0.641. The van der Waals surface area contributed by atoms with E-state index in [2.05, 4.69) is 5.32 Å². The Morgan fingerprint density at radius 1 is 1.67 bits per heavy atom. The van der Waals surface area contributed by atoms with E-state index < -0.39 is 0 Å². The number of amides is 1. The molecule has 0 bridgehead atoms. The van der Waals surface area contributed by atoms with Crippen LogP contribution < -0.4 is 11.1 Å². The van der Waals surface area contributed by atoms with Crippen LogP contribution in [0, 0.1) is 17.2 Å². The highest BCUT2D eigenvalue weighted by atomic mass is 16.1. The van der Waals surface area contributed by atoms with Gasteiger partial charge >= 0.3 is 0 Å². The Morgan fingerprint density at radius 3 is 2.67 bits per heavy atom. The molecule has 0 saturated heterocycles. The molecular weight excluding hydrogens is 154 g/mol. The van der Waals surface area contributed by atoms with Gasteiger partial charge in [-0.05, 0) is 6.92 Å². The van der Waals surface area contributed by atoms with Gasteiger partial charge in [-0.15, -0.1) is 0 Å². The van der Waals surface area contributed by atoms with Crippen LogP contribution in [0.3, 0.4) is 0 Å². The second-order valence-corrected chi connectivity index (χ2v) is 2.85. The average Bonchev–Trinajstić information content (AvgIpc) is 2.03. The van der Waals surface area contributed by atoms with Crippen LogP contribution in [0.2, 0.25) is 0 Å². The first-order valence-electron chi connectivity index (χ1n) is 3.99. The molecule has 68 valence electrons. The molecule has 0 fully saturated rings. The van der Waals surface area contributed by atoms with Crippen molar-refractivity contribution >= 4 is 5.91 Å². The SMILES string of the molecule is CC(N)C(C)C(=O)NCCC#N. The summed E-state index contributed by atoms with van der Waals surface area (Å²) >= 11 is 0. The summed E-state index contributed by atoms with van der Waals surface area (Å²) in [4.78, 5) is 11.2. The van der Waals surface area contributed by atoms with Gasteiger partial charge in [0.25, 0.3) is 0 Å². The zero-order valence-electron chi connectivity index (χ0n) is 7.50. The monoisotopic (exact) mass is 169 g/mol. The number of nitriles is 1. The average molecular weight is 169 g/mol. The van der Waals surface area contributed by atoms with E-state index in [1.165, 1.54) is 0 Å². The molecule has 12 heavy (non-hydrogen) atoms. The number of nitrogens with one attached hydrogen (secondary N) is 1. The Kier molecular flexibility index (Phi) is 5.06. The molecule has 0 aliphatic rings. The summed E-state index contributed by atoms with van der Waals surface area (Å²) in [6, 6.07) is 1.80. The molecule has 0 aromatic rings. The fraction of sp³-hybridized carbons (Fsp3) is 0.750. The zero-order chi connectivity index (χ0) is 9.56. The lowest BCUT2D eigenvalue weighted by Gasteiger charge is -2.14. The lowest BCUT2D eigenvalue weighted by molar-refractivity contribution is -0.124. The van der Waals surface area contributed by atoms with Crippen LogP contribution in [0.1, 0.15) is 20.3 Å². The maximum absolute atomic E-state index is 11.2. The van der Waals surface area contributed by atoms with Crippen molar-refractivity contribution in [3.8, 4) is 6.07 Å². The van der Waals surface area contributed by atoms with Gasteiger partial charge in [0, 0.05) is 18.5 Å². The Morgan fingerprint density at radius 2 is 2.25 bits per heavy atom. The Labute approximate surface area is 72.7 Å². The molecule has 0 radical (unpaired) electrons. The van der Waals surface area contributed by atoms with E-state index >= 15 is 0 Å². The Hall–Kier alpha value is -1.08. The summed E-state index contributed by atoms with van der Waals surface area (Å²) in [5, 5.41) is 10.8. The van der Waals surface area contributed by atoms with Gasteiger partial charge in [-0.3, -0.25) is 4.79 Å². The van der Waals surface area contributed by atoms with Crippen molar-refractivity contribution in [2.45, 2.75) is 26.3 Å². The standard InChI is InChI=1S/C8H15N3O/c1-6(7(2)10)8(12)11-5-3-4-9/h6-7H,3,5,10H2,1-2H3,(H,11,12). The number of carbonyl (C=O) groups excluding carboxylic acids is 1. The van der Waals surface area contributed by atoms with Crippen molar-refractivity contribution in [1.29, 1.82) is 5.26 Å². The van der Waals surface area contributed by atoms with E-state index in [4.69, 9.17) is 11.0 Å². The summed E-state index contributed by atoms with van der Waals surface area (Å²) in [5.41, 5.74) is 5.52. The van der Waals surface area contributed by atoms with Crippen molar-refractivity contribution in [2.24, 2.45) is 11.7 Å². The van der Waals surface area contributed by atoms with Crippen molar-refractivity contribution in [1.82, 2.24) is 5.32 Å². The lowest BCUT2D eigenvalue weighted by atomic mass is 10.0. The van der Waals surface area contributed by atoms with Gasteiger partial charge in [0.1, 0.15) is 0 Å². The molecule has 2 unspecified atom stereocenters. The molecular formula is C8H15N3O. The van der Waals surface area contributed by atoms with Gasteiger partial charge in [0.2, 0.25) is 5.91 Å². The van der Waals surface area contributed by atoms with Gasteiger partial charge in [0.05, 0.1) is 12.5 Å². The number of rotatable bonds is 4. The highest BCUT2D eigenvalue weighted by Gasteiger charge is 2.15. The summed E-state index contributed by atoms with van der Waals surface area (Å²) in [6.45, 7) is 3.97. The van der Waals surface area contributed by atoms with Gasteiger partial charge in [-0.2, -0.15) is 5.26 Å². The van der Waals surface area contributed by atoms with Gasteiger partial charge in [0.15, 0.2) is 0 Å². The van der Waals surface area contributed by atoms with Crippen LogP contribution >= 0.6 is 0 Å². The second kappa shape index (κ2) is 5.56. The third-order valence-corrected chi connectivity index (χ3v) is 1.74. The minimum absolute atomic E-state index is 0.0831. The van der Waals surface area contributed by atoms with E-state index in [9.17, 15) is 4.79 Å². The maximum atomic E-state index is 11.2. The molecule has 0 aliphatic carbocycles. The molecule has 0 aromatic carbocycles. The van der Waals surface area contributed by atoms with E-state index in [0.717, 1.165) is 0 Å². The molecule has 3 N–H and O–H groups in total. The summed E-state index contributed by atoms with van der Waals surface area (Å²) in [5.74, 6) is -0.274. The predicted octanol–water partition coefficient (Wildman–Crippen LogP) is -0.000420. The van der Waals surface area contributed by atoms with Crippen LogP contribution in [0.25, 0.3) is 0 Å². The minimum atomic E-state index is -0.191. The smallest absolute Gasteiger partial charge is 0.224 e. The molecule has 2 atom stereocenters. The van der Waals surface area contributed by atoms with Gasteiger partial charge in [-0.1, -0.05) is 6.92 Å². The van der Waals surface area contributed by atoms with Crippen LogP contribution in [0.5, 0.6) is 0 Å². The maximum Gasteiger partial charge on any atom is 0.224 e. The normalized spacial score (nSPS) is 14.5. The van der Waals surface area contributed by atoms with Crippen molar-refractivity contribution in [3.05, 3.63) is 0 Å². The largest absolute Gasteiger partial charge is 0.355 e. The molecule has 0 aromatic heterocycles. The second-order valence-electron chi connectivity index (χ2n) is 2.85. The summed E-state index contributed by atoms with van der Waals surface area (Å²) < 4.78 is 0. The minimum Gasteiger partial charge on any atom is -0.355 e. The molecule has 0 rings (SSSR count). The number of hydrogen-bond donors (Lipinski definition) is 2. The molecule has 0 heterocycles. The van der Waals surface area contributed by atoms with Crippen LogP contribution in [0.15, 0.2) is 0 Å². The highest BCUT2D eigenvalue weighted by molar-refractivity contribution is 5.78. The summed E-state index contributed by atoms with van der Waals surface area (Å²) in [7, 11) is 0. The summed E-state index contributed by atoms with van der Waals surface area (Å²) in [6.07, 6.45) is 0.345.